The molecule has 1 aliphatic heterocycles. The zero-order chi connectivity index (χ0) is 13.0. The van der Waals surface area contributed by atoms with Crippen LogP contribution in [0, 0.1) is 0 Å². The summed E-state index contributed by atoms with van der Waals surface area (Å²) >= 11 is 0. The Balaban J connectivity index is 2.37. The molecule has 0 amide bonds. The molecule has 0 radical (unpaired) electrons. The van der Waals surface area contributed by atoms with E-state index in [4.69, 9.17) is 19.7 Å². The van der Waals surface area contributed by atoms with Gasteiger partial charge in [0.25, 0.3) is 0 Å². The summed E-state index contributed by atoms with van der Waals surface area (Å²) in [6, 6.07) is 0. The normalized spacial score (nSPS) is 40.2. The van der Waals surface area contributed by atoms with Crippen molar-refractivity contribution in [3.8, 4) is 0 Å². The molecule has 6 unspecified atom stereocenters. The third-order valence-electron chi connectivity index (χ3n) is 2.49. The van der Waals surface area contributed by atoms with Crippen molar-refractivity contribution >= 4 is 0 Å². The molecule has 0 aromatic heterocycles. The van der Waals surface area contributed by atoms with E-state index in [0.29, 0.717) is 0 Å². The van der Waals surface area contributed by atoms with Crippen LogP contribution in [0.2, 0.25) is 0 Å². The molecule has 102 valence electrons. The maximum atomic E-state index is 9.51. The van der Waals surface area contributed by atoms with Gasteiger partial charge in [0.2, 0.25) is 0 Å². The number of ether oxygens (including phenoxy) is 2. The highest BCUT2D eigenvalue weighted by Gasteiger charge is 2.42. The van der Waals surface area contributed by atoms with Gasteiger partial charge < -0.3 is 40.1 Å². The first-order valence-electron chi connectivity index (χ1n) is 5.21. The molecule has 0 aromatic carbocycles. The molecule has 0 aromatic rings. The predicted molar refractivity (Wildman–Crippen MR) is 52.8 cm³/mol. The summed E-state index contributed by atoms with van der Waals surface area (Å²) in [6.45, 7) is -0.824. The fraction of sp³-hybridized carbons (Fsp3) is 1.00. The number of aliphatic hydroxyl groups is 6. The summed E-state index contributed by atoms with van der Waals surface area (Å²) < 4.78 is 9.75. The van der Waals surface area contributed by atoms with Crippen molar-refractivity contribution in [2.45, 2.75) is 36.8 Å². The van der Waals surface area contributed by atoms with Crippen molar-refractivity contribution in [2.75, 3.05) is 19.8 Å². The van der Waals surface area contributed by atoms with Crippen LogP contribution < -0.4 is 0 Å². The summed E-state index contributed by atoms with van der Waals surface area (Å²) in [5.74, 6) is 0. The lowest BCUT2D eigenvalue weighted by atomic mass is 9.99. The van der Waals surface area contributed by atoms with Crippen LogP contribution in [0.1, 0.15) is 0 Å². The molecule has 1 heterocycles. The maximum absolute atomic E-state index is 9.51. The minimum absolute atomic E-state index is 0.169. The first-order valence-corrected chi connectivity index (χ1v) is 5.21. The minimum atomic E-state index is -1.61. The third kappa shape index (κ3) is 3.83. The largest absolute Gasteiger partial charge is 0.394 e. The predicted octanol–water partition coefficient (Wildman–Crippen LogP) is -3.84. The Labute approximate surface area is 97.6 Å². The van der Waals surface area contributed by atoms with Gasteiger partial charge in [-0.1, -0.05) is 0 Å². The molecule has 0 bridgehead atoms. The molecule has 8 heteroatoms. The highest BCUT2D eigenvalue weighted by molar-refractivity contribution is 4.88. The van der Waals surface area contributed by atoms with E-state index in [2.05, 4.69) is 0 Å². The van der Waals surface area contributed by atoms with Crippen molar-refractivity contribution in [1.29, 1.82) is 0 Å². The fourth-order valence-corrected chi connectivity index (χ4v) is 1.44. The minimum Gasteiger partial charge on any atom is -0.394 e. The van der Waals surface area contributed by atoms with E-state index in [-0.39, 0.29) is 13.2 Å². The van der Waals surface area contributed by atoms with Crippen molar-refractivity contribution in [1.82, 2.24) is 0 Å². The Morgan fingerprint density at radius 1 is 1.06 bits per heavy atom. The number of hydrogen-bond acceptors (Lipinski definition) is 8. The molecule has 1 saturated heterocycles. The molecule has 6 atom stereocenters. The molecule has 1 aliphatic rings. The number of rotatable bonds is 5. The van der Waals surface area contributed by atoms with Gasteiger partial charge in [-0.05, 0) is 0 Å². The second kappa shape index (κ2) is 6.57. The van der Waals surface area contributed by atoms with Crippen LogP contribution in [-0.2, 0) is 9.47 Å². The summed E-state index contributed by atoms with van der Waals surface area (Å²) in [6.07, 6.45) is -8.19. The summed E-state index contributed by atoms with van der Waals surface area (Å²) in [4.78, 5) is 0. The quantitative estimate of drug-likeness (QED) is 0.293. The molecule has 1 rings (SSSR count). The smallest absolute Gasteiger partial charge is 0.184 e. The molecule has 0 spiro atoms. The second-order valence-electron chi connectivity index (χ2n) is 3.91. The van der Waals surface area contributed by atoms with Gasteiger partial charge in [-0.3, -0.25) is 0 Å². The zero-order valence-corrected chi connectivity index (χ0v) is 9.09. The molecule has 1 fully saturated rings. The number of aliphatic hydroxyl groups excluding tert-OH is 6. The van der Waals surface area contributed by atoms with Crippen LogP contribution in [0.3, 0.4) is 0 Å². The van der Waals surface area contributed by atoms with Crippen LogP contribution in [-0.4, -0.2) is 87.3 Å². The Morgan fingerprint density at radius 2 is 1.71 bits per heavy atom. The summed E-state index contributed by atoms with van der Waals surface area (Å²) in [5, 5.41) is 54.8. The summed E-state index contributed by atoms with van der Waals surface area (Å²) in [5.41, 5.74) is 0. The van der Waals surface area contributed by atoms with Crippen molar-refractivity contribution < 1.29 is 40.1 Å². The fourth-order valence-electron chi connectivity index (χ4n) is 1.44. The lowest BCUT2D eigenvalue weighted by Crippen LogP contribution is -2.58. The van der Waals surface area contributed by atoms with Gasteiger partial charge in [0.1, 0.15) is 30.5 Å². The lowest BCUT2D eigenvalue weighted by Gasteiger charge is -2.38. The van der Waals surface area contributed by atoms with E-state index >= 15 is 0 Å². The molecule has 8 nitrogen and oxygen atoms in total. The average molecular weight is 254 g/mol. The van der Waals surface area contributed by atoms with Crippen LogP contribution in [0.25, 0.3) is 0 Å². The average Bonchev–Trinajstić information content (AvgIpc) is 2.32. The maximum Gasteiger partial charge on any atom is 0.184 e. The highest BCUT2D eigenvalue weighted by Crippen LogP contribution is 2.19. The Bertz CT molecular complexity index is 225. The zero-order valence-electron chi connectivity index (χ0n) is 9.09. The van der Waals surface area contributed by atoms with E-state index in [9.17, 15) is 20.4 Å². The molecule has 17 heavy (non-hydrogen) atoms. The number of hydrogen-bond donors (Lipinski definition) is 6. The molecular formula is C9H18O8. The van der Waals surface area contributed by atoms with E-state index in [1.54, 1.807) is 0 Å². The highest BCUT2D eigenvalue weighted by atomic mass is 16.6. The van der Waals surface area contributed by atoms with Crippen molar-refractivity contribution in [3.05, 3.63) is 0 Å². The third-order valence-corrected chi connectivity index (χ3v) is 2.49. The topological polar surface area (TPSA) is 140 Å². The van der Waals surface area contributed by atoms with Gasteiger partial charge in [0.15, 0.2) is 6.29 Å². The van der Waals surface area contributed by atoms with E-state index in [1.165, 1.54) is 0 Å². The molecule has 0 aliphatic carbocycles. The lowest BCUT2D eigenvalue weighted by molar-refractivity contribution is -0.289. The summed E-state index contributed by atoms with van der Waals surface area (Å²) in [7, 11) is 0. The van der Waals surface area contributed by atoms with Gasteiger partial charge in [-0.2, -0.15) is 0 Å². The van der Waals surface area contributed by atoms with E-state index < -0.39 is 43.4 Å². The van der Waals surface area contributed by atoms with Crippen LogP contribution in [0.4, 0.5) is 0 Å². The van der Waals surface area contributed by atoms with Crippen LogP contribution >= 0.6 is 0 Å². The van der Waals surface area contributed by atoms with Gasteiger partial charge in [0, 0.05) is 0 Å². The van der Waals surface area contributed by atoms with Crippen LogP contribution in [0.5, 0.6) is 0 Å². The SMILES string of the molecule is OCC(O)COCC1OC(O)C(O)C(O)C1O. The van der Waals surface area contributed by atoms with Gasteiger partial charge in [-0.15, -0.1) is 0 Å². The van der Waals surface area contributed by atoms with Gasteiger partial charge in [-0.25, -0.2) is 0 Å². The monoisotopic (exact) mass is 254 g/mol. The Kier molecular flexibility index (Phi) is 5.70. The second-order valence-corrected chi connectivity index (χ2v) is 3.91. The molecule has 6 N–H and O–H groups in total. The molecular weight excluding hydrogens is 236 g/mol. The van der Waals surface area contributed by atoms with Crippen molar-refractivity contribution in [2.24, 2.45) is 0 Å². The van der Waals surface area contributed by atoms with Gasteiger partial charge in [0.05, 0.1) is 19.8 Å². The van der Waals surface area contributed by atoms with Crippen molar-refractivity contribution in [3.63, 3.8) is 0 Å². The molecule has 0 saturated carbocycles. The first-order chi connectivity index (χ1) is 7.97. The Morgan fingerprint density at radius 3 is 2.29 bits per heavy atom. The van der Waals surface area contributed by atoms with Crippen LogP contribution in [0.15, 0.2) is 0 Å². The van der Waals surface area contributed by atoms with E-state index in [1.807, 2.05) is 0 Å². The Hall–Kier alpha value is -0.320. The van der Waals surface area contributed by atoms with Gasteiger partial charge >= 0.3 is 0 Å². The van der Waals surface area contributed by atoms with E-state index in [0.717, 1.165) is 0 Å². The first kappa shape index (κ1) is 14.7. The standard InChI is InChI=1S/C9H18O8/c10-1-4(11)2-16-3-5-6(12)7(13)8(14)9(15)17-5/h4-15H,1-3H2.